The molecule has 0 aromatic carbocycles. The molecule has 0 saturated heterocycles. The topological polar surface area (TPSA) is 44.8 Å². The number of phosphoric ester groups is 1. The molecular weight excluding hydrogens is 474 g/mol. The average molecular weight is 539 g/mol. The second-order valence-corrected chi connectivity index (χ2v) is 18.3. The van der Waals surface area contributed by atoms with Gasteiger partial charge >= 0.3 is 195 Å². The van der Waals surface area contributed by atoms with Crippen molar-refractivity contribution in [1.29, 1.82) is 0 Å². The summed E-state index contributed by atoms with van der Waals surface area (Å²) < 4.78 is 31.7. The zero-order valence-corrected chi connectivity index (χ0v) is 26.6. The normalized spacial score (nSPS) is 13.7. The summed E-state index contributed by atoms with van der Waals surface area (Å²) in [6.07, 6.45) is 26.5. The van der Waals surface area contributed by atoms with Gasteiger partial charge in [-0.05, 0) is 0 Å². The van der Waals surface area contributed by atoms with Crippen LogP contribution in [0, 0.1) is 0 Å². The molecule has 0 heterocycles. The minimum absolute atomic E-state index is 0.354. The van der Waals surface area contributed by atoms with E-state index < -0.39 is 14.7 Å². The van der Waals surface area contributed by atoms with Crippen LogP contribution >= 0.6 is 14.7 Å². The molecule has 0 saturated carbocycles. The summed E-state index contributed by atoms with van der Waals surface area (Å²) in [5, 5.41) is 0. The second-order valence-electron chi connectivity index (χ2n) is 10.7. The Kier molecular flexibility index (Phi) is 21.8. The van der Waals surface area contributed by atoms with Gasteiger partial charge in [0.2, 0.25) is 0 Å². The van der Waals surface area contributed by atoms with Gasteiger partial charge in [-0.2, -0.15) is 0 Å². The van der Waals surface area contributed by atoms with Crippen molar-refractivity contribution >= 4 is 14.7 Å². The summed E-state index contributed by atoms with van der Waals surface area (Å²) in [6, 6.07) is 0. The number of hydrogen-bond acceptors (Lipinski definition) is 4. The van der Waals surface area contributed by atoms with E-state index in [4.69, 9.17) is 13.4 Å². The van der Waals surface area contributed by atoms with E-state index in [1.165, 1.54) is 89.9 Å². The summed E-state index contributed by atoms with van der Waals surface area (Å²) in [7, 11) is -3.53. The molecule has 0 aliphatic rings. The third-order valence-electron chi connectivity index (χ3n) is 7.35. The fourth-order valence-corrected chi connectivity index (χ4v) is 16.3. The number of hydrogen-bond donors (Lipinski definition) is 0. The third kappa shape index (κ3) is 15.5. The Bertz CT molecular complexity index is 497. The van der Waals surface area contributed by atoms with Crippen LogP contribution in [0.15, 0.2) is 0 Å². The Labute approximate surface area is 221 Å². The van der Waals surface area contributed by atoms with Crippen molar-refractivity contribution < 1.29 is 17.9 Å². The molecule has 0 aliphatic heterocycles. The van der Waals surface area contributed by atoms with Crippen LogP contribution in [0.5, 0.6) is 0 Å². The van der Waals surface area contributed by atoms with E-state index in [0.29, 0.717) is 13.2 Å². The van der Waals surface area contributed by atoms with Gasteiger partial charge < -0.3 is 0 Å². The molecule has 0 atom stereocenters. The van der Waals surface area contributed by atoms with Gasteiger partial charge in [-0.1, -0.05) is 26.2 Å². The van der Waals surface area contributed by atoms with E-state index in [1.54, 1.807) is 0 Å². The fraction of sp³-hybridized carbons (Fsp3) is 1.00. The predicted molar refractivity (Wildman–Crippen MR) is 160 cm³/mol. The van der Waals surface area contributed by atoms with Crippen molar-refractivity contribution in [3.05, 3.63) is 0 Å². The monoisotopic (exact) mass is 538 g/mol. The van der Waals surface area contributed by atoms with E-state index >= 15 is 0 Å². The Morgan fingerprint density at radius 2 is 0.800 bits per heavy atom. The summed E-state index contributed by atoms with van der Waals surface area (Å²) >= 11 is 0. The molecule has 0 fully saturated rings. The van der Waals surface area contributed by atoms with E-state index in [0.717, 1.165) is 43.9 Å². The van der Waals surface area contributed by atoms with Crippen LogP contribution in [0.25, 0.3) is 0 Å². The molecule has 6 heteroatoms. The van der Waals surface area contributed by atoms with Crippen molar-refractivity contribution in [3.8, 4) is 0 Å². The van der Waals surface area contributed by atoms with Crippen molar-refractivity contribution in [1.82, 2.24) is 0 Å². The molecule has 0 aliphatic carbocycles. The Balaban J connectivity index is 4.70. The molecule has 4 nitrogen and oxygen atoms in total. The molecule has 0 aromatic rings. The summed E-state index contributed by atoms with van der Waals surface area (Å²) in [5.74, 6) is 0. The van der Waals surface area contributed by atoms with Crippen molar-refractivity contribution in [3.63, 3.8) is 0 Å². The quantitative estimate of drug-likeness (QED) is 0.0770. The van der Waals surface area contributed by atoms with E-state index in [2.05, 4.69) is 27.7 Å². The van der Waals surface area contributed by atoms with Crippen LogP contribution in [-0.4, -0.2) is 37.9 Å². The second kappa shape index (κ2) is 21.5. The first-order chi connectivity index (χ1) is 16.9. The number of rotatable bonds is 27. The van der Waals surface area contributed by atoms with E-state index in [9.17, 15) is 4.57 Å². The van der Waals surface area contributed by atoms with Gasteiger partial charge in [-0.15, -0.1) is 0 Å². The summed E-state index contributed by atoms with van der Waals surface area (Å²) in [6.45, 7) is 10.8. The summed E-state index contributed by atoms with van der Waals surface area (Å²) in [4.78, 5) is 0. The fourth-order valence-electron chi connectivity index (χ4n) is 5.92. The van der Waals surface area contributed by atoms with Crippen molar-refractivity contribution in [2.45, 2.75) is 151 Å². The van der Waals surface area contributed by atoms with Crippen LogP contribution in [0.4, 0.5) is 0 Å². The SMILES string of the molecule is CCCCCCCCCCCCCCCCP(CCC)(CCC)(CCC)OP(=O)(OCC)OCC. The molecule has 35 heavy (non-hydrogen) atoms. The molecule has 0 aromatic heterocycles. The molecular formula is C29H64O4P2. The molecule has 214 valence electrons. The summed E-state index contributed by atoms with van der Waals surface area (Å²) in [5.41, 5.74) is 0. The number of unbranched alkanes of at least 4 members (excludes halogenated alkanes) is 13. The third-order valence-corrected chi connectivity index (χ3v) is 17.3. The van der Waals surface area contributed by atoms with Gasteiger partial charge in [-0.3, -0.25) is 0 Å². The standard InChI is InChI=1S/C29H64O4P2/c1-7-13-14-15-16-17-18-19-20-21-22-23-24-25-29-35(26-8-2,27-9-3,28-10-4)33-34(30,31-11-5)32-12-6/h7-29H2,1-6H3. The maximum atomic E-state index is 13.6. The molecule has 0 bridgehead atoms. The van der Waals surface area contributed by atoms with Gasteiger partial charge in [0.25, 0.3) is 0 Å². The number of phosphoric acid groups is 1. The van der Waals surface area contributed by atoms with Crippen LogP contribution in [0.2, 0.25) is 0 Å². The average Bonchev–Trinajstić information content (AvgIpc) is 2.80. The predicted octanol–water partition coefficient (Wildman–Crippen LogP) is 11.4. The Morgan fingerprint density at radius 3 is 1.11 bits per heavy atom. The first kappa shape index (κ1) is 35.5. The molecule has 0 spiro atoms. The van der Waals surface area contributed by atoms with Crippen LogP contribution in [-0.2, 0) is 17.9 Å². The van der Waals surface area contributed by atoms with Crippen LogP contribution in [0.1, 0.15) is 151 Å². The van der Waals surface area contributed by atoms with Crippen LogP contribution < -0.4 is 0 Å². The van der Waals surface area contributed by atoms with Crippen LogP contribution in [0.3, 0.4) is 0 Å². The van der Waals surface area contributed by atoms with Gasteiger partial charge in [0.05, 0.1) is 0 Å². The molecule has 0 radical (unpaired) electrons. The van der Waals surface area contributed by atoms with Gasteiger partial charge in [0, 0.05) is 0 Å². The van der Waals surface area contributed by atoms with E-state index in [1.807, 2.05) is 13.8 Å². The van der Waals surface area contributed by atoms with E-state index in [-0.39, 0.29) is 0 Å². The van der Waals surface area contributed by atoms with Gasteiger partial charge in [-0.25, -0.2) is 0 Å². The Hall–Kier alpha value is 0.540. The van der Waals surface area contributed by atoms with Crippen molar-refractivity contribution in [2.24, 2.45) is 0 Å². The Morgan fingerprint density at radius 1 is 0.457 bits per heavy atom. The van der Waals surface area contributed by atoms with Gasteiger partial charge in [0.1, 0.15) is 0 Å². The zero-order valence-electron chi connectivity index (χ0n) is 24.8. The molecule has 0 N–H and O–H groups in total. The first-order valence-electron chi connectivity index (χ1n) is 15.5. The molecule has 0 rings (SSSR count). The first-order valence-corrected chi connectivity index (χ1v) is 19.9. The molecule has 0 amide bonds. The zero-order chi connectivity index (χ0) is 26.3. The van der Waals surface area contributed by atoms with Gasteiger partial charge in [0.15, 0.2) is 0 Å². The molecule has 0 unspecified atom stereocenters. The van der Waals surface area contributed by atoms with Crippen molar-refractivity contribution in [2.75, 3.05) is 37.9 Å². The minimum atomic E-state index is -3.53. The maximum absolute atomic E-state index is 13.6.